The minimum atomic E-state index is -0.789. The van der Waals surface area contributed by atoms with Crippen molar-refractivity contribution < 1.29 is 14.7 Å². The number of amides is 1. The zero-order valence-electron chi connectivity index (χ0n) is 10.7. The predicted octanol–water partition coefficient (Wildman–Crippen LogP) is 0.794. The SMILES string of the molecule is CCN(C[C@@H]1CCCCN1CC(=O)O)C(C)=O. The van der Waals surface area contributed by atoms with Crippen LogP contribution in [-0.2, 0) is 9.59 Å². The molecule has 0 saturated carbocycles. The number of nitrogens with zero attached hydrogens (tertiary/aromatic N) is 2. The van der Waals surface area contributed by atoms with Gasteiger partial charge in [-0.3, -0.25) is 14.5 Å². The molecule has 1 fully saturated rings. The van der Waals surface area contributed by atoms with Gasteiger partial charge in [0.05, 0.1) is 6.54 Å². The molecular formula is C12H22N2O3. The number of piperidine rings is 1. The van der Waals surface area contributed by atoms with E-state index in [1.807, 2.05) is 11.8 Å². The molecule has 0 radical (unpaired) electrons. The van der Waals surface area contributed by atoms with Crippen LogP contribution in [0.15, 0.2) is 0 Å². The van der Waals surface area contributed by atoms with Gasteiger partial charge in [0.25, 0.3) is 0 Å². The van der Waals surface area contributed by atoms with E-state index in [1.165, 1.54) is 0 Å². The molecule has 1 aliphatic heterocycles. The number of rotatable bonds is 5. The molecule has 17 heavy (non-hydrogen) atoms. The highest BCUT2D eigenvalue weighted by Crippen LogP contribution is 2.17. The van der Waals surface area contributed by atoms with Crippen molar-refractivity contribution in [3.63, 3.8) is 0 Å². The molecule has 0 spiro atoms. The smallest absolute Gasteiger partial charge is 0.317 e. The number of carbonyl (C=O) groups excluding carboxylic acids is 1. The highest BCUT2D eigenvalue weighted by atomic mass is 16.4. The summed E-state index contributed by atoms with van der Waals surface area (Å²) in [5.74, 6) is -0.726. The van der Waals surface area contributed by atoms with E-state index in [2.05, 4.69) is 0 Å². The molecule has 1 saturated heterocycles. The van der Waals surface area contributed by atoms with Crippen molar-refractivity contribution in [1.29, 1.82) is 0 Å². The highest BCUT2D eigenvalue weighted by molar-refractivity contribution is 5.73. The van der Waals surface area contributed by atoms with Crippen LogP contribution < -0.4 is 0 Å². The molecular weight excluding hydrogens is 220 g/mol. The van der Waals surface area contributed by atoms with Crippen LogP contribution in [0.4, 0.5) is 0 Å². The third-order valence-corrected chi connectivity index (χ3v) is 3.35. The Morgan fingerprint density at radius 3 is 2.65 bits per heavy atom. The third kappa shape index (κ3) is 4.34. The van der Waals surface area contributed by atoms with Gasteiger partial charge < -0.3 is 10.0 Å². The Bertz CT molecular complexity index is 281. The molecule has 0 aromatic carbocycles. The Balaban J connectivity index is 2.57. The van der Waals surface area contributed by atoms with Crippen LogP contribution in [0.1, 0.15) is 33.1 Å². The van der Waals surface area contributed by atoms with Gasteiger partial charge in [-0.05, 0) is 26.3 Å². The molecule has 5 nitrogen and oxygen atoms in total. The Kier molecular flexibility index (Phi) is 5.41. The lowest BCUT2D eigenvalue weighted by molar-refractivity contribution is -0.139. The molecule has 0 unspecified atom stereocenters. The fraction of sp³-hybridized carbons (Fsp3) is 0.833. The second kappa shape index (κ2) is 6.59. The second-order valence-corrected chi connectivity index (χ2v) is 4.57. The number of hydrogen-bond acceptors (Lipinski definition) is 3. The van der Waals surface area contributed by atoms with Crippen molar-refractivity contribution in [3.8, 4) is 0 Å². The number of likely N-dealkylation sites (N-methyl/N-ethyl adjacent to an activating group) is 1. The molecule has 1 heterocycles. The minimum Gasteiger partial charge on any atom is -0.480 e. The summed E-state index contributed by atoms with van der Waals surface area (Å²) in [6.45, 7) is 5.76. The van der Waals surface area contributed by atoms with Crippen LogP contribution in [0.2, 0.25) is 0 Å². The summed E-state index contributed by atoms with van der Waals surface area (Å²) in [5, 5.41) is 8.86. The van der Waals surface area contributed by atoms with Crippen molar-refractivity contribution in [2.45, 2.75) is 39.2 Å². The molecule has 1 atom stereocenters. The van der Waals surface area contributed by atoms with E-state index in [1.54, 1.807) is 11.8 Å². The fourth-order valence-electron chi connectivity index (χ4n) is 2.38. The normalized spacial score (nSPS) is 21.2. The first-order chi connectivity index (χ1) is 8.04. The standard InChI is InChI=1S/C12H22N2O3/c1-3-13(10(2)15)8-11-6-4-5-7-14(11)9-12(16)17/h11H,3-9H2,1-2H3,(H,16,17)/t11-/m0/s1. The van der Waals surface area contributed by atoms with E-state index in [0.29, 0.717) is 13.1 Å². The molecule has 1 amide bonds. The Hall–Kier alpha value is -1.10. The molecule has 1 rings (SSSR count). The predicted molar refractivity (Wildman–Crippen MR) is 64.8 cm³/mol. The first-order valence-electron chi connectivity index (χ1n) is 6.26. The summed E-state index contributed by atoms with van der Waals surface area (Å²) in [6.07, 6.45) is 3.16. The summed E-state index contributed by atoms with van der Waals surface area (Å²) >= 11 is 0. The molecule has 0 aromatic heterocycles. The summed E-state index contributed by atoms with van der Waals surface area (Å²) < 4.78 is 0. The van der Waals surface area contributed by atoms with E-state index in [4.69, 9.17) is 5.11 Å². The van der Waals surface area contributed by atoms with Gasteiger partial charge in [-0.2, -0.15) is 0 Å². The average Bonchev–Trinajstić information content (AvgIpc) is 2.26. The lowest BCUT2D eigenvalue weighted by Gasteiger charge is -2.37. The summed E-state index contributed by atoms with van der Waals surface area (Å²) in [4.78, 5) is 25.9. The maximum atomic E-state index is 11.4. The van der Waals surface area contributed by atoms with Crippen LogP contribution in [0.3, 0.4) is 0 Å². The number of hydrogen-bond donors (Lipinski definition) is 1. The third-order valence-electron chi connectivity index (χ3n) is 3.35. The largest absolute Gasteiger partial charge is 0.480 e. The molecule has 1 N–H and O–H groups in total. The van der Waals surface area contributed by atoms with E-state index in [-0.39, 0.29) is 18.5 Å². The maximum Gasteiger partial charge on any atom is 0.317 e. The first kappa shape index (κ1) is 14.0. The molecule has 0 bridgehead atoms. The van der Waals surface area contributed by atoms with Gasteiger partial charge in [0.2, 0.25) is 5.91 Å². The molecule has 1 aliphatic rings. The van der Waals surface area contributed by atoms with Crippen molar-refractivity contribution in [2.75, 3.05) is 26.2 Å². The lowest BCUT2D eigenvalue weighted by Crippen LogP contribution is -2.49. The van der Waals surface area contributed by atoms with Gasteiger partial charge in [0.1, 0.15) is 0 Å². The lowest BCUT2D eigenvalue weighted by atomic mass is 10.0. The van der Waals surface area contributed by atoms with Crippen molar-refractivity contribution in [3.05, 3.63) is 0 Å². The van der Waals surface area contributed by atoms with Gasteiger partial charge in [0.15, 0.2) is 0 Å². The molecule has 0 aliphatic carbocycles. The number of carboxylic acids is 1. The van der Waals surface area contributed by atoms with E-state index in [0.717, 1.165) is 25.8 Å². The number of carboxylic acid groups (broad SMARTS) is 1. The zero-order valence-corrected chi connectivity index (χ0v) is 10.7. The Labute approximate surface area is 102 Å². The molecule has 98 valence electrons. The minimum absolute atomic E-state index is 0.0633. The van der Waals surface area contributed by atoms with E-state index >= 15 is 0 Å². The summed E-state index contributed by atoms with van der Waals surface area (Å²) in [6, 6.07) is 0.198. The summed E-state index contributed by atoms with van der Waals surface area (Å²) in [5.41, 5.74) is 0. The van der Waals surface area contributed by atoms with E-state index < -0.39 is 5.97 Å². The van der Waals surface area contributed by atoms with Crippen LogP contribution in [-0.4, -0.2) is 59.0 Å². The average molecular weight is 242 g/mol. The number of carbonyl (C=O) groups is 2. The Morgan fingerprint density at radius 1 is 1.41 bits per heavy atom. The summed E-state index contributed by atoms with van der Waals surface area (Å²) in [7, 11) is 0. The quantitative estimate of drug-likeness (QED) is 0.774. The van der Waals surface area contributed by atoms with Crippen LogP contribution in [0.25, 0.3) is 0 Å². The maximum absolute atomic E-state index is 11.4. The first-order valence-corrected chi connectivity index (χ1v) is 6.26. The number of aliphatic carboxylic acids is 1. The van der Waals surface area contributed by atoms with Gasteiger partial charge in [-0.25, -0.2) is 0 Å². The van der Waals surface area contributed by atoms with Crippen LogP contribution in [0.5, 0.6) is 0 Å². The van der Waals surface area contributed by atoms with Gasteiger partial charge in [-0.15, -0.1) is 0 Å². The van der Waals surface area contributed by atoms with E-state index in [9.17, 15) is 9.59 Å². The zero-order chi connectivity index (χ0) is 12.8. The van der Waals surface area contributed by atoms with Crippen molar-refractivity contribution >= 4 is 11.9 Å². The van der Waals surface area contributed by atoms with Crippen molar-refractivity contribution in [2.24, 2.45) is 0 Å². The number of likely N-dealkylation sites (tertiary alicyclic amines) is 1. The molecule has 0 aromatic rings. The highest BCUT2D eigenvalue weighted by Gasteiger charge is 2.26. The monoisotopic (exact) mass is 242 g/mol. The van der Waals surface area contributed by atoms with Crippen LogP contribution >= 0.6 is 0 Å². The second-order valence-electron chi connectivity index (χ2n) is 4.57. The Morgan fingerprint density at radius 2 is 2.12 bits per heavy atom. The fourth-order valence-corrected chi connectivity index (χ4v) is 2.38. The van der Waals surface area contributed by atoms with Crippen molar-refractivity contribution in [1.82, 2.24) is 9.80 Å². The van der Waals surface area contributed by atoms with Gasteiger partial charge >= 0.3 is 5.97 Å². The topological polar surface area (TPSA) is 60.9 Å². The van der Waals surface area contributed by atoms with Crippen LogP contribution in [0, 0.1) is 0 Å². The van der Waals surface area contributed by atoms with Gasteiger partial charge in [-0.1, -0.05) is 6.42 Å². The molecule has 5 heteroatoms. The van der Waals surface area contributed by atoms with Gasteiger partial charge in [0, 0.05) is 26.1 Å².